The number of methoxy groups -OCH3 is 2. The first-order chi connectivity index (χ1) is 15.6. The molecule has 2 heterocycles. The zero-order valence-corrected chi connectivity index (χ0v) is 19.1. The topological polar surface area (TPSA) is 63.7 Å². The van der Waals surface area contributed by atoms with E-state index in [2.05, 4.69) is 35.3 Å². The highest BCUT2D eigenvalue weighted by Gasteiger charge is 2.27. The quantitative estimate of drug-likeness (QED) is 0.546. The van der Waals surface area contributed by atoms with Crippen molar-refractivity contribution in [2.24, 2.45) is 0 Å². The minimum Gasteiger partial charge on any atom is -0.496 e. The van der Waals surface area contributed by atoms with E-state index in [4.69, 9.17) is 14.5 Å². The Morgan fingerprint density at radius 1 is 1.19 bits per heavy atom. The zero-order valence-electron chi connectivity index (χ0n) is 19.1. The summed E-state index contributed by atoms with van der Waals surface area (Å²) in [6.07, 6.45) is 1.02. The van der Waals surface area contributed by atoms with Gasteiger partial charge in [0.2, 0.25) is 0 Å². The summed E-state index contributed by atoms with van der Waals surface area (Å²) < 4.78 is 10.7. The average Bonchev–Trinajstić information content (AvgIpc) is 3.27. The van der Waals surface area contributed by atoms with Crippen LogP contribution in [0.25, 0.3) is 10.9 Å². The summed E-state index contributed by atoms with van der Waals surface area (Å²) in [5, 5.41) is 3.83. The van der Waals surface area contributed by atoms with E-state index >= 15 is 0 Å². The Hall–Kier alpha value is -2.96. The molecule has 1 unspecified atom stereocenters. The Kier molecular flexibility index (Phi) is 7.02. The van der Waals surface area contributed by atoms with E-state index in [1.165, 1.54) is 5.56 Å². The van der Waals surface area contributed by atoms with Crippen LogP contribution in [0, 0.1) is 6.92 Å². The van der Waals surface area contributed by atoms with Crippen LogP contribution in [-0.4, -0.2) is 56.3 Å². The summed E-state index contributed by atoms with van der Waals surface area (Å²) in [5.41, 5.74) is 4.89. The van der Waals surface area contributed by atoms with Gasteiger partial charge in [-0.1, -0.05) is 36.4 Å². The molecule has 1 fully saturated rings. The molecule has 168 valence electrons. The highest BCUT2D eigenvalue weighted by atomic mass is 16.5. The number of amides is 1. The number of likely N-dealkylation sites (tertiary alicyclic amines) is 1. The maximum absolute atomic E-state index is 12.9. The second kappa shape index (κ2) is 10.1. The van der Waals surface area contributed by atoms with Gasteiger partial charge in [-0.2, -0.15) is 0 Å². The van der Waals surface area contributed by atoms with E-state index in [1.54, 1.807) is 14.2 Å². The number of benzene rings is 2. The Morgan fingerprint density at radius 2 is 2.03 bits per heavy atom. The minimum atomic E-state index is -0.0822. The van der Waals surface area contributed by atoms with E-state index in [0.717, 1.165) is 54.0 Å². The van der Waals surface area contributed by atoms with Gasteiger partial charge in [0.15, 0.2) is 0 Å². The Morgan fingerprint density at radius 3 is 2.84 bits per heavy atom. The molecule has 1 aliphatic heterocycles. The van der Waals surface area contributed by atoms with Gasteiger partial charge in [-0.25, -0.2) is 0 Å². The number of aryl methyl sites for hydroxylation is 1. The molecule has 1 aliphatic rings. The molecule has 1 atom stereocenters. The Bertz CT molecular complexity index is 1100. The summed E-state index contributed by atoms with van der Waals surface area (Å²) in [6.45, 7) is 5.80. The monoisotopic (exact) mass is 433 g/mol. The van der Waals surface area contributed by atoms with E-state index in [0.29, 0.717) is 24.6 Å². The molecule has 0 radical (unpaired) electrons. The number of carbonyl (C=O) groups is 1. The number of aromatic nitrogens is 1. The number of fused-ring (bicyclic) bond motifs is 1. The van der Waals surface area contributed by atoms with Crippen molar-refractivity contribution in [1.82, 2.24) is 15.2 Å². The lowest BCUT2D eigenvalue weighted by Crippen LogP contribution is -2.27. The van der Waals surface area contributed by atoms with Crippen LogP contribution in [0.4, 0.5) is 0 Å². The zero-order chi connectivity index (χ0) is 22.5. The van der Waals surface area contributed by atoms with Crippen molar-refractivity contribution in [3.63, 3.8) is 0 Å². The Balaban J connectivity index is 1.55. The largest absolute Gasteiger partial charge is 0.496 e. The lowest BCUT2D eigenvalue weighted by atomic mass is 9.99. The van der Waals surface area contributed by atoms with Crippen LogP contribution in [0.3, 0.4) is 0 Å². The first-order valence-corrected chi connectivity index (χ1v) is 11.1. The molecular formula is C26H31N3O3. The van der Waals surface area contributed by atoms with Crippen LogP contribution in [0.15, 0.2) is 48.5 Å². The number of hydrogen-bond acceptors (Lipinski definition) is 5. The van der Waals surface area contributed by atoms with Crippen LogP contribution in [0.2, 0.25) is 0 Å². The van der Waals surface area contributed by atoms with Gasteiger partial charge in [-0.05, 0) is 37.6 Å². The van der Waals surface area contributed by atoms with Crippen molar-refractivity contribution >= 4 is 16.8 Å². The fourth-order valence-corrected chi connectivity index (χ4v) is 4.54. The number of pyridine rings is 1. The normalized spacial score (nSPS) is 16.4. The summed E-state index contributed by atoms with van der Waals surface area (Å²) in [7, 11) is 3.36. The van der Waals surface area contributed by atoms with Gasteiger partial charge in [0, 0.05) is 49.3 Å². The third kappa shape index (κ3) is 4.76. The van der Waals surface area contributed by atoms with Crippen LogP contribution >= 0.6 is 0 Å². The number of nitrogens with zero attached hydrogens (tertiary/aromatic N) is 2. The van der Waals surface area contributed by atoms with Gasteiger partial charge in [-0.15, -0.1) is 0 Å². The molecule has 6 nitrogen and oxygen atoms in total. The third-order valence-electron chi connectivity index (χ3n) is 6.15. The first kappa shape index (κ1) is 22.2. The number of nitrogens with one attached hydrogen (secondary N) is 1. The molecule has 0 bridgehead atoms. The standard InChI is InChI=1S/C26H31N3O3/c1-18-7-6-8-20(25(18)32-3)17-29-13-11-19(16-29)24-15-22(26(30)27-12-14-31-2)21-9-4-5-10-23(21)28-24/h4-10,15,19H,11-14,16-17H2,1-3H3,(H,27,30). The predicted molar refractivity (Wildman–Crippen MR) is 126 cm³/mol. The summed E-state index contributed by atoms with van der Waals surface area (Å²) in [4.78, 5) is 20.3. The van der Waals surface area contributed by atoms with Gasteiger partial charge < -0.3 is 14.8 Å². The van der Waals surface area contributed by atoms with Crippen molar-refractivity contribution < 1.29 is 14.3 Å². The maximum Gasteiger partial charge on any atom is 0.252 e. The highest BCUT2D eigenvalue weighted by Crippen LogP contribution is 2.32. The second-order valence-corrected chi connectivity index (χ2v) is 8.35. The van der Waals surface area contributed by atoms with Gasteiger partial charge in [0.05, 0.1) is 24.8 Å². The van der Waals surface area contributed by atoms with Crippen LogP contribution in [0.1, 0.15) is 39.5 Å². The van der Waals surface area contributed by atoms with Crippen molar-refractivity contribution in [3.05, 3.63) is 70.9 Å². The Labute approximate surface area is 189 Å². The molecule has 4 rings (SSSR count). The van der Waals surface area contributed by atoms with Crippen LogP contribution in [-0.2, 0) is 11.3 Å². The van der Waals surface area contributed by atoms with Gasteiger partial charge >= 0.3 is 0 Å². The fraction of sp³-hybridized carbons (Fsp3) is 0.385. The van der Waals surface area contributed by atoms with Crippen LogP contribution < -0.4 is 10.1 Å². The summed E-state index contributed by atoms with van der Waals surface area (Å²) >= 11 is 0. The molecule has 2 aromatic carbocycles. The summed E-state index contributed by atoms with van der Waals surface area (Å²) in [6, 6.07) is 16.1. The number of ether oxygens (including phenoxy) is 2. The molecule has 0 spiro atoms. The molecule has 1 amide bonds. The lowest BCUT2D eigenvalue weighted by Gasteiger charge is -2.19. The van der Waals surface area contributed by atoms with E-state index in [1.807, 2.05) is 30.3 Å². The maximum atomic E-state index is 12.9. The minimum absolute atomic E-state index is 0.0822. The summed E-state index contributed by atoms with van der Waals surface area (Å²) in [5.74, 6) is 1.18. The van der Waals surface area contributed by atoms with Crippen molar-refractivity contribution in [1.29, 1.82) is 0 Å². The third-order valence-corrected chi connectivity index (χ3v) is 6.15. The van der Waals surface area contributed by atoms with Crippen LogP contribution in [0.5, 0.6) is 5.75 Å². The number of hydrogen-bond donors (Lipinski definition) is 1. The average molecular weight is 434 g/mol. The van der Waals surface area contributed by atoms with E-state index < -0.39 is 0 Å². The molecule has 32 heavy (non-hydrogen) atoms. The number of carbonyl (C=O) groups excluding carboxylic acids is 1. The molecular weight excluding hydrogens is 402 g/mol. The smallest absolute Gasteiger partial charge is 0.252 e. The molecule has 3 aromatic rings. The van der Waals surface area contributed by atoms with E-state index in [-0.39, 0.29) is 5.91 Å². The van der Waals surface area contributed by atoms with Crippen molar-refractivity contribution in [2.75, 3.05) is 40.5 Å². The second-order valence-electron chi connectivity index (χ2n) is 8.35. The van der Waals surface area contributed by atoms with Crippen molar-refractivity contribution in [3.8, 4) is 5.75 Å². The molecule has 1 saturated heterocycles. The molecule has 0 saturated carbocycles. The lowest BCUT2D eigenvalue weighted by molar-refractivity contribution is 0.0938. The van der Waals surface area contributed by atoms with E-state index in [9.17, 15) is 4.79 Å². The van der Waals surface area contributed by atoms with Gasteiger partial charge in [0.1, 0.15) is 5.75 Å². The number of rotatable bonds is 8. The fourth-order valence-electron chi connectivity index (χ4n) is 4.54. The SMILES string of the molecule is COCCNC(=O)c1cc(C2CCN(Cc3cccc(C)c3OC)C2)nc2ccccc12. The molecule has 0 aliphatic carbocycles. The van der Waals surface area contributed by atoms with Gasteiger partial charge in [0.25, 0.3) is 5.91 Å². The highest BCUT2D eigenvalue weighted by molar-refractivity contribution is 6.06. The predicted octanol–water partition coefficient (Wildman–Crippen LogP) is 3.92. The van der Waals surface area contributed by atoms with Crippen molar-refractivity contribution in [2.45, 2.75) is 25.8 Å². The molecule has 1 aromatic heterocycles. The first-order valence-electron chi connectivity index (χ1n) is 11.1. The van der Waals surface area contributed by atoms with Gasteiger partial charge in [-0.3, -0.25) is 14.7 Å². The molecule has 1 N–H and O–H groups in total. The number of para-hydroxylation sites is 2. The molecule has 6 heteroatoms.